The number of carbonyl (C=O) groups excluding carboxylic acids is 1. The van der Waals surface area contributed by atoms with Gasteiger partial charge < -0.3 is 10.4 Å². The van der Waals surface area contributed by atoms with Gasteiger partial charge in [-0.15, -0.1) is 0 Å². The Morgan fingerprint density at radius 2 is 1.88 bits per heavy atom. The van der Waals surface area contributed by atoms with E-state index < -0.39 is 5.97 Å². The van der Waals surface area contributed by atoms with Gasteiger partial charge in [-0.05, 0) is 36.8 Å². The summed E-state index contributed by atoms with van der Waals surface area (Å²) in [6, 6.07) is 7.96. The molecule has 1 aromatic carbocycles. The molecule has 0 aliphatic heterocycles. The number of aliphatic carboxylic acids is 1. The molecular formula is C19H23N3O3. The summed E-state index contributed by atoms with van der Waals surface area (Å²) >= 11 is 0. The van der Waals surface area contributed by atoms with Crippen molar-refractivity contribution in [2.24, 2.45) is 18.9 Å². The van der Waals surface area contributed by atoms with Gasteiger partial charge in [-0.25, -0.2) is 0 Å². The molecule has 0 spiro atoms. The largest absolute Gasteiger partial charge is 0.481 e. The summed E-state index contributed by atoms with van der Waals surface area (Å²) in [4.78, 5) is 23.4. The molecule has 1 aliphatic rings. The van der Waals surface area contributed by atoms with Crippen LogP contribution >= 0.6 is 0 Å². The van der Waals surface area contributed by atoms with Gasteiger partial charge in [0.1, 0.15) is 0 Å². The molecule has 1 amide bonds. The highest BCUT2D eigenvalue weighted by atomic mass is 16.4. The number of nitrogens with one attached hydrogen (secondary N) is 1. The molecule has 132 valence electrons. The Kier molecular flexibility index (Phi) is 5.16. The highest BCUT2D eigenvalue weighted by Gasteiger charge is 2.29. The van der Waals surface area contributed by atoms with E-state index in [1.807, 2.05) is 43.7 Å². The third kappa shape index (κ3) is 4.07. The number of nitrogens with zero attached hydrogens (tertiary/aromatic N) is 2. The van der Waals surface area contributed by atoms with Crippen LogP contribution in [0.15, 0.2) is 36.7 Å². The monoisotopic (exact) mass is 341 g/mol. The summed E-state index contributed by atoms with van der Waals surface area (Å²) in [7, 11) is 1.88. The third-order valence-electron chi connectivity index (χ3n) is 4.93. The number of hydrogen-bond donors (Lipinski definition) is 2. The van der Waals surface area contributed by atoms with E-state index in [-0.39, 0.29) is 17.7 Å². The minimum Gasteiger partial charge on any atom is -0.481 e. The maximum absolute atomic E-state index is 12.4. The summed E-state index contributed by atoms with van der Waals surface area (Å²) in [6.07, 6.45) is 6.22. The Balaban J connectivity index is 1.61. The smallest absolute Gasteiger partial charge is 0.306 e. The van der Waals surface area contributed by atoms with Gasteiger partial charge in [0.15, 0.2) is 0 Å². The normalized spacial score (nSPS) is 20.2. The third-order valence-corrected chi connectivity index (χ3v) is 4.93. The van der Waals surface area contributed by atoms with Gasteiger partial charge in [0.2, 0.25) is 5.91 Å². The first kappa shape index (κ1) is 17.2. The molecule has 1 heterocycles. The molecule has 6 heteroatoms. The number of hydrogen-bond acceptors (Lipinski definition) is 3. The van der Waals surface area contributed by atoms with E-state index >= 15 is 0 Å². The predicted molar refractivity (Wildman–Crippen MR) is 93.6 cm³/mol. The van der Waals surface area contributed by atoms with Gasteiger partial charge in [0, 0.05) is 31.3 Å². The first-order valence-electron chi connectivity index (χ1n) is 8.62. The SMILES string of the molecule is Cn1cc(-c2ccccc2CNC(=O)C2CCC(C(=O)O)CC2)cn1. The van der Waals surface area contributed by atoms with Gasteiger partial charge in [0.25, 0.3) is 0 Å². The van der Waals surface area contributed by atoms with Crippen molar-refractivity contribution in [1.29, 1.82) is 0 Å². The number of carboxylic acid groups (broad SMARTS) is 1. The second-order valence-electron chi connectivity index (χ2n) is 6.66. The van der Waals surface area contributed by atoms with Crippen LogP contribution < -0.4 is 5.32 Å². The Morgan fingerprint density at radius 3 is 2.52 bits per heavy atom. The highest BCUT2D eigenvalue weighted by molar-refractivity contribution is 5.79. The van der Waals surface area contributed by atoms with E-state index in [0.29, 0.717) is 32.2 Å². The fourth-order valence-electron chi connectivity index (χ4n) is 3.45. The number of amides is 1. The summed E-state index contributed by atoms with van der Waals surface area (Å²) in [5.74, 6) is -1.11. The average Bonchev–Trinajstić information content (AvgIpc) is 3.06. The van der Waals surface area contributed by atoms with Crippen molar-refractivity contribution in [3.63, 3.8) is 0 Å². The molecule has 6 nitrogen and oxygen atoms in total. The van der Waals surface area contributed by atoms with Gasteiger partial charge >= 0.3 is 5.97 Å². The van der Waals surface area contributed by atoms with Crippen LogP contribution in [0.4, 0.5) is 0 Å². The van der Waals surface area contributed by atoms with Crippen molar-refractivity contribution < 1.29 is 14.7 Å². The molecule has 2 N–H and O–H groups in total. The van der Waals surface area contributed by atoms with E-state index in [1.54, 1.807) is 4.68 Å². The lowest BCUT2D eigenvalue weighted by Crippen LogP contribution is -2.34. The lowest BCUT2D eigenvalue weighted by molar-refractivity contribution is -0.144. The van der Waals surface area contributed by atoms with E-state index in [1.165, 1.54) is 0 Å². The molecule has 0 radical (unpaired) electrons. The van der Waals surface area contributed by atoms with Crippen LogP contribution in [0, 0.1) is 11.8 Å². The molecule has 2 aromatic rings. The molecular weight excluding hydrogens is 318 g/mol. The zero-order chi connectivity index (χ0) is 17.8. The summed E-state index contributed by atoms with van der Waals surface area (Å²) in [5, 5.41) is 16.3. The van der Waals surface area contributed by atoms with Crippen LogP contribution in [0.5, 0.6) is 0 Å². The Bertz CT molecular complexity index is 761. The average molecular weight is 341 g/mol. The van der Waals surface area contributed by atoms with Gasteiger partial charge in [-0.2, -0.15) is 5.10 Å². The molecule has 0 unspecified atom stereocenters. The fraction of sp³-hybridized carbons (Fsp3) is 0.421. The molecule has 0 atom stereocenters. The lowest BCUT2D eigenvalue weighted by atomic mass is 9.81. The van der Waals surface area contributed by atoms with Crippen molar-refractivity contribution in [2.75, 3.05) is 0 Å². The topological polar surface area (TPSA) is 84.2 Å². The van der Waals surface area contributed by atoms with Crippen LogP contribution in [0.25, 0.3) is 11.1 Å². The van der Waals surface area contributed by atoms with Crippen LogP contribution in [0.1, 0.15) is 31.2 Å². The Hall–Kier alpha value is -2.63. The van der Waals surface area contributed by atoms with Gasteiger partial charge in [-0.1, -0.05) is 24.3 Å². The highest BCUT2D eigenvalue weighted by Crippen LogP contribution is 2.29. The standard InChI is InChI=1S/C19H23N3O3/c1-22-12-16(11-21-22)17-5-3-2-4-15(17)10-20-18(23)13-6-8-14(9-7-13)19(24)25/h2-5,11-14H,6-10H2,1H3,(H,20,23)(H,24,25). The van der Waals surface area contributed by atoms with Crippen LogP contribution in [0.3, 0.4) is 0 Å². The summed E-state index contributed by atoms with van der Waals surface area (Å²) in [5.41, 5.74) is 3.13. The summed E-state index contributed by atoms with van der Waals surface area (Å²) < 4.78 is 1.76. The maximum Gasteiger partial charge on any atom is 0.306 e. The summed E-state index contributed by atoms with van der Waals surface area (Å²) in [6.45, 7) is 0.461. The molecule has 1 fully saturated rings. The first-order chi connectivity index (χ1) is 12.0. The first-order valence-corrected chi connectivity index (χ1v) is 8.62. The molecule has 1 saturated carbocycles. The van der Waals surface area contributed by atoms with Crippen LogP contribution in [0.2, 0.25) is 0 Å². The van der Waals surface area contributed by atoms with Gasteiger partial charge in [0.05, 0.1) is 12.1 Å². The zero-order valence-electron chi connectivity index (χ0n) is 14.3. The molecule has 1 aliphatic carbocycles. The Morgan fingerprint density at radius 1 is 1.20 bits per heavy atom. The number of aromatic nitrogens is 2. The maximum atomic E-state index is 12.4. The Labute approximate surface area is 146 Å². The van der Waals surface area contributed by atoms with Crippen molar-refractivity contribution in [1.82, 2.24) is 15.1 Å². The minimum absolute atomic E-state index is 0.0184. The van der Waals surface area contributed by atoms with Gasteiger partial charge in [-0.3, -0.25) is 14.3 Å². The van der Waals surface area contributed by atoms with E-state index in [4.69, 9.17) is 5.11 Å². The van der Waals surface area contributed by atoms with E-state index in [9.17, 15) is 9.59 Å². The van der Waals surface area contributed by atoms with Crippen molar-refractivity contribution >= 4 is 11.9 Å². The fourth-order valence-corrected chi connectivity index (χ4v) is 3.45. The number of aryl methyl sites for hydroxylation is 1. The minimum atomic E-state index is -0.746. The number of carboxylic acids is 1. The molecule has 1 aromatic heterocycles. The molecule has 0 bridgehead atoms. The van der Waals surface area contributed by atoms with Crippen LogP contribution in [-0.2, 0) is 23.2 Å². The molecule has 0 saturated heterocycles. The molecule has 25 heavy (non-hydrogen) atoms. The van der Waals surface area contributed by atoms with Crippen molar-refractivity contribution in [3.8, 4) is 11.1 Å². The quantitative estimate of drug-likeness (QED) is 0.875. The second kappa shape index (κ2) is 7.51. The zero-order valence-corrected chi connectivity index (χ0v) is 14.3. The number of carbonyl (C=O) groups is 2. The van der Waals surface area contributed by atoms with E-state index in [0.717, 1.165) is 16.7 Å². The lowest BCUT2D eigenvalue weighted by Gasteiger charge is -2.25. The number of benzene rings is 1. The van der Waals surface area contributed by atoms with E-state index in [2.05, 4.69) is 10.4 Å². The predicted octanol–water partition coefficient (Wildman–Crippen LogP) is 2.59. The van der Waals surface area contributed by atoms with Crippen molar-refractivity contribution in [3.05, 3.63) is 42.2 Å². The molecule has 3 rings (SSSR count). The number of rotatable bonds is 5. The second-order valence-corrected chi connectivity index (χ2v) is 6.66. The van der Waals surface area contributed by atoms with Crippen LogP contribution in [-0.4, -0.2) is 26.8 Å². The van der Waals surface area contributed by atoms with Crippen molar-refractivity contribution in [2.45, 2.75) is 32.2 Å².